The summed E-state index contributed by atoms with van der Waals surface area (Å²) in [5.41, 5.74) is 5.90. The Bertz CT molecular complexity index is 1660. The number of ether oxygens (including phenoxy) is 1. The largest absolute Gasteiger partial charge is 0.434 e. The summed E-state index contributed by atoms with van der Waals surface area (Å²) in [5.74, 6) is 0.167. The Hall–Kier alpha value is -3.30. The normalized spacial score (nSPS) is 18.9. The Labute approximate surface area is 271 Å². The lowest BCUT2D eigenvalue weighted by atomic mass is 10.0. The molecule has 0 aliphatic carbocycles. The average Bonchev–Trinajstić information content (AvgIpc) is 3.67. The van der Waals surface area contributed by atoms with Crippen LogP contribution in [0.4, 0.5) is 4.79 Å². The number of aliphatic hydroxyl groups is 1. The zero-order chi connectivity index (χ0) is 32.0. The van der Waals surface area contributed by atoms with Crippen LogP contribution in [-0.2, 0) is 26.0 Å². The summed E-state index contributed by atoms with van der Waals surface area (Å²) >= 11 is 2.88. The summed E-state index contributed by atoms with van der Waals surface area (Å²) in [6.45, 7) is 4.25. The van der Waals surface area contributed by atoms with E-state index in [0.29, 0.717) is 17.8 Å². The second kappa shape index (κ2) is 14.9. The number of thioether (sulfide) groups is 1. The Morgan fingerprint density at radius 1 is 1.22 bits per heavy atom. The van der Waals surface area contributed by atoms with Crippen molar-refractivity contribution in [3.8, 4) is 0 Å². The van der Waals surface area contributed by atoms with E-state index in [2.05, 4.69) is 15.3 Å². The molecule has 5 rings (SSSR count). The van der Waals surface area contributed by atoms with Crippen LogP contribution in [0.15, 0.2) is 75.7 Å². The quantitative estimate of drug-likeness (QED) is 0.263. The molecule has 2 aromatic carbocycles. The second-order valence-corrected chi connectivity index (χ2v) is 15.0. The molecular formula is C31H37N5O6S3. The standard InChI is InChI=1S/C31H37N5O6S3/c1-3-21(2)14-36(45(40,41)24-9-10-25-29(12-24)44-20-33-25)16-27(37)26(11-22-7-5-4-6-8-22)34-30(38)28-17-35(31(39)42-28)15-23-13-32-19-43-18-23/h4-10,12-13,19-21,26-28,37H,3,11,14-18H2,1-2H3,(H,34,38)/t21-,26?,27+,28-/m0/s1. The smallest absolute Gasteiger partial charge is 0.411 e. The van der Waals surface area contributed by atoms with Gasteiger partial charge in [-0.1, -0.05) is 50.6 Å². The minimum atomic E-state index is -4.00. The van der Waals surface area contributed by atoms with E-state index in [1.807, 2.05) is 44.2 Å². The lowest BCUT2D eigenvalue weighted by molar-refractivity contribution is -0.129. The van der Waals surface area contributed by atoms with Gasteiger partial charge in [0.1, 0.15) is 0 Å². The summed E-state index contributed by atoms with van der Waals surface area (Å²) in [7, 11) is -4.00. The third-order valence-corrected chi connectivity index (χ3v) is 11.3. The van der Waals surface area contributed by atoms with Gasteiger partial charge in [-0.3, -0.25) is 14.7 Å². The van der Waals surface area contributed by atoms with Gasteiger partial charge in [-0.15, -0.1) is 23.1 Å². The maximum absolute atomic E-state index is 14.0. The highest BCUT2D eigenvalue weighted by atomic mass is 32.2. The topological polar surface area (TPSA) is 142 Å². The average molecular weight is 672 g/mol. The molecule has 3 aromatic rings. The van der Waals surface area contributed by atoms with Crippen molar-refractivity contribution in [2.24, 2.45) is 10.9 Å². The predicted molar refractivity (Wildman–Crippen MR) is 177 cm³/mol. The van der Waals surface area contributed by atoms with Gasteiger partial charge in [0.05, 0.1) is 44.9 Å². The molecule has 1 saturated heterocycles. The van der Waals surface area contributed by atoms with Crippen molar-refractivity contribution in [2.75, 3.05) is 31.9 Å². The molecule has 0 saturated carbocycles. The highest BCUT2D eigenvalue weighted by Gasteiger charge is 2.39. The molecule has 45 heavy (non-hydrogen) atoms. The van der Waals surface area contributed by atoms with E-state index in [1.165, 1.54) is 38.4 Å². The van der Waals surface area contributed by atoms with Crippen molar-refractivity contribution in [3.05, 3.63) is 71.4 Å². The number of nitrogens with zero attached hydrogens (tertiary/aromatic N) is 4. The molecule has 1 fully saturated rings. The lowest BCUT2D eigenvalue weighted by Crippen LogP contribution is -2.53. The van der Waals surface area contributed by atoms with E-state index in [4.69, 9.17) is 4.74 Å². The Morgan fingerprint density at radius 2 is 2.02 bits per heavy atom. The van der Waals surface area contributed by atoms with Crippen LogP contribution in [0.3, 0.4) is 0 Å². The molecule has 3 heterocycles. The first-order valence-electron chi connectivity index (χ1n) is 14.8. The molecule has 1 aromatic heterocycles. The summed E-state index contributed by atoms with van der Waals surface area (Å²) in [6.07, 6.45) is -0.252. The molecule has 0 radical (unpaired) electrons. The summed E-state index contributed by atoms with van der Waals surface area (Å²) < 4.78 is 35.4. The summed E-state index contributed by atoms with van der Waals surface area (Å²) in [6, 6.07) is 13.3. The fraction of sp³-hybridized carbons (Fsp3) is 0.419. The van der Waals surface area contributed by atoms with Crippen LogP contribution in [0.5, 0.6) is 0 Å². The van der Waals surface area contributed by atoms with Gasteiger partial charge in [0.25, 0.3) is 5.91 Å². The summed E-state index contributed by atoms with van der Waals surface area (Å²) in [5, 5.41) is 14.5. The number of hydrogen-bond acceptors (Lipinski definition) is 10. The van der Waals surface area contributed by atoms with Crippen molar-refractivity contribution >= 4 is 60.9 Å². The van der Waals surface area contributed by atoms with Gasteiger partial charge >= 0.3 is 6.09 Å². The van der Waals surface area contributed by atoms with Crippen molar-refractivity contribution in [2.45, 2.75) is 49.8 Å². The molecule has 4 atom stereocenters. The molecule has 11 nitrogen and oxygen atoms in total. The third kappa shape index (κ3) is 8.30. The number of fused-ring (bicyclic) bond motifs is 1. The van der Waals surface area contributed by atoms with Gasteiger partial charge in [0, 0.05) is 31.6 Å². The first-order chi connectivity index (χ1) is 21.6. The number of cyclic esters (lactones) is 1. The number of aromatic nitrogens is 1. The van der Waals surface area contributed by atoms with E-state index in [1.54, 1.807) is 29.4 Å². The number of nitrogens with one attached hydrogen (secondary N) is 1. The van der Waals surface area contributed by atoms with Crippen LogP contribution in [-0.4, -0.2) is 95.4 Å². The molecular weight excluding hydrogens is 635 g/mol. The van der Waals surface area contributed by atoms with E-state index >= 15 is 0 Å². The van der Waals surface area contributed by atoms with Crippen molar-refractivity contribution < 1.29 is 27.9 Å². The molecule has 0 spiro atoms. The van der Waals surface area contributed by atoms with Crippen LogP contribution in [0.1, 0.15) is 25.8 Å². The Balaban J connectivity index is 1.34. The van der Waals surface area contributed by atoms with E-state index in [0.717, 1.165) is 22.3 Å². The monoisotopic (exact) mass is 671 g/mol. The number of rotatable bonds is 14. The maximum Gasteiger partial charge on any atom is 0.411 e. The van der Waals surface area contributed by atoms with Crippen LogP contribution in [0, 0.1) is 5.92 Å². The molecule has 1 unspecified atom stereocenters. The Morgan fingerprint density at radius 3 is 2.76 bits per heavy atom. The number of benzene rings is 2. The number of amides is 2. The predicted octanol–water partition coefficient (Wildman–Crippen LogP) is 3.90. The number of hydrogen-bond donors (Lipinski definition) is 2. The van der Waals surface area contributed by atoms with Gasteiger partial charge in [-0.05, 0) is 41.7 Å². The van der Waals surface area contributed by atoms with Gasteiger partial charge in [-0.2, -0.15) is 4.31 Å². The van der Waals surface area contributed by atoms with Gasteiger partial charge in [-0.25, -0.2) is 18.2 Å². The number of sulfonamides is 1. The van der Waals surface area contributed by atoms with Crippen molar-refractivity contribution in [1.29, 1.82) is 0 Å². The SMILES string of the molecule is CC[C@H](C)CN(C[C@@H](O)C(Cc1ccccc1)NC(=O)[C@@H]1CN(CC2=CN=CSC2)C(=O)O1)S(=O)(=O)c1ccc2ncsc2c1. The molecule has 240 valence electrons. The minimum absolute atomic E-state index is 0.0218. The van der Waals surface area contributed by atoms with Crippen molar-refractivity contribution in [1.82, 2.24) is 19.5 Å². The molecule has 2 aliphatic heterocycles. The van der Waals surface area contributed by atoms with Gasteiger partial charge in [0.2, 0.25) is 10.0 Å². The molecule has 14 heteroatoms. The zero-order valence-corrected chi connectivity index (χ0v) is 27.6. The maximum atomic E-state index is 14.0. The molecule has 2 amide bonds. The first-order valence-corrected chi connectivity index (χ1v) is 18.1. The number of carbonyl (C=O) groups is 2. The van der Waals surface area contributed by atoms with E-state index < -0.39 is 40.3 Å². The number of aliphatic imine (C=N–C) groups is 1. The van der Waals surface area contributed by atoms with Crippen molar-refractivity contribution in [3.63, 3.8) is 0 Å². The van der Waals surface area contributed by atoms with Crippen LogP contribution >= 0.6 is 23.1 Å². The van der Waals surface area contributed by atoms with Crippen LogP contribution in [0.25, 0.3) is 10.2 Å². The molecule has 2 aliphatic rings. The van der Waals surface area contributed by atoms with Crippen LogP contribution < -0.4 is 5.32 Å². The van der Waals surface area contributed by atoms with Crippen LogP contribution in [0.2, 0.25) is 0 Å². The molecule has 0 bridgehead atoms. The fourth-order valence-corrected chi connectivity index (χ4v) is 8.12. The van der Waals surface area contributed by atoms with E-state index in [-0.39, 0.29) is 36.9 Å². The lowest BCUT2D eigenvalue weighted by Gasteiger charge is -2.31. The second-order valence-electron chi connectivity index (χ2n) is 11.3. The number of aliphatic hydroxyl groups excluding tert-OH is 1. The highest BCUT2D eigenvalue weighted by molar-refractivity contribution is 8.12. The molecule has 2 N–H and O–H groups in total. The summed E-state index contributed by atoms with van der Waals surface area (Å²) in [4.78, 5) is 36.0. The van der Waals surface area contributed by atoms with E-state index in [9.17, 15) is 23.1 Å². The minimum Gasteiger partial charge on any atom is -0.434 e. The fourth-order valence-electron chi connectivity index (χ4n) is 5.12. The van der Waals surface area contributed by atoms with Gasteiger partial charge < -0.3 is 15.2 Å². The third-order valence-electron chi connectivity index (χ3n) is 7.87. The first kappa shape index (κ1) is 33.1. The zero-order valence-electron chi connectivity index (χ0n) is 25.1. The number of carbonyl (C=O) groups excluding carboxylic acids is 2. The highest BCUT2D eigenvalue weighted by Crippen LogP contribution is 2.26. The van der Waals surface area contributed by atoms with Gasteiger partial charge in [0.15, 0.2) is 6.10 Å². The Kier molecular flexibility index (Phi) is 10.9. The number of thiazole rings is 1.